The number of nitrogens with zero attached hydrogens (tertiary/aromatic N) is 1. The van der Waals surface area contributed by atoms with Gasteiger partial charge in [-0.25, -0.2) is 5.84 Å². The number of oxime groups is 1. The molecule has 3 N–H and O–H groups in total. The smallest absolute Gasteiger partial charge is 0.274 e. The van der Waals surface area contributed by atoms with E-state index in [4.69, 9.17) is 5.84 Å². The quantitative estimate of drug-likeness (QED) is 0.368. The van der Waals surface area contributed by atoms with Gasteiger partial charge in [0, 0.05) is 4.47 Å². The average molecular weight is 272 g/mol. The summed E-state index contributed by atoms with van der Waals surface area (Å²) in [4.78, 5) is 15.3. The Bertz CT molecular complexity index is 351. The van der Waals surface area contributed by atoms with Crippen LogP contribution in [0.15, 0.2) is 33.9 Å². The molecule has 0 unspecified atom stereocenters. The topological polar surface area (TPSA) is 76.7 Å². The Morgan fingerprint density at radius 2 is 2.20 bits per heavy atom. The van der Waals surface area contributed by atoms with Crippen LogP contribution in [0.2, 0.25) is 0 Å². The van der Waals surface area contributed by atoms with E-state index in [0.717, 1.165) is 10.0 Å². The van der Waals surface area contributed by atoms with Crippen molar-refractivity contribution < 1.29 is 9.63 Å². The number of carbonyl (C=O) groups is 1. The highest BCUT2D eigenvalue weighted by Gasteiger charge is 1.95. The molecule has 0 aromatic heterocycles. The number of hydrogen-bond donors (Lipinski definition) is 2. The van der Waals surface area contributed by atoms with Gasteiger partial charge in [-0.05, 0) is 17.7 Å². The standard InChI is InChI=1S/C9H10BrN3O2/c10-8-3-1-7(2-4-8)5-12-15-6-9(14)13-11/h1-5H,6,11H2,(H,13,14)/b12-5+. The molecule has 1 amide bonds. The van der Waals surface area contributed by atoms with Gasteiger partial charge in [0.1, 0.15) is 0 Å². The van der Waals surface area contributed by atoms with Gasteiger partial charge in [0.05, 0.1) is 6.21 Å². The van der Waals surface area contributed by atoms with Crippen LogP contribution in [0.4, 0.5) is 0 Å². The first-order chi connectivity index (χ1) is 7.22. The Labute approximate surface area is 95.4 Å². The minimum atomic E-state index is -0.428. The van der Waals surface area contributed by atoms with Crippen LogP contribution in [0.5, 0.6) is 0 Å². The normalized spacial score (nSPS) is 10.3. The highest BCUT2D eigenvalue weighted by atomic mass is 79.9. The number of hydrogen-bond acceptors (Lipinski definition) is 4. The maximum atomic E-state index is 10.6. The predicted molar refractivity (Wildman–Crippen MR) is 60.0 cm³/mol. The number of hydrazine groups is 1. The SMILES string of the molecule is NNC(=O)CO/N=C/c1ccc(Br)cc1. The fourth-order valence-electron chi connectivity index (χ4n) is 0.785. The highest BCUT2D eigenvalue weighted by molar-refractivity contribution is 9.10. The zero-order valence-corrected chi connectivity index (χ0v) is 9.40. The third-order valence-corrected chi connectivity index (χ3v) is 2.03. The molecule has 0 aliphatic rings. The summed E-state index contributed by atoms with van der Waals surface area (Å²) in [5.74, 6) is 4.42. The first-order valence-electron chi connectivity index (χ1n) is 4.12. The summed E-state index contributed by atoms with van der Waals surface area (Å²) in [6.45, 7) is -0.191. The summed E-state index contributed by atoms with van der Waals surface area (Å²) in [5, 5.41) is 3.60. The Morgan fingerprint density at radius 1 is 1.53 bits per heavy atom. The second-order valence-electron chi connectivity index (χ2n) is 2.63. The largest absolute Gasteiger partial charge is 0.386 e. The predicted octanol–water partition coefficient (Wildman–Crippen LogP) is 0.790. The second-order valence-corrected chi connectivity index (χ2v) is 3.54. The molecule has 1 rings (SSSR count). The lowest BCUT2D eigenvalue weighted by molar-refractivity contribution is -0.125. The number of halogens is 1. The van der Waals surface area contributed by atoms with Crippen LogP contribution in [-0.4, -0.2) is 18.7 Å². The number of carbonyl (C=O) groups excluding carboxylic acids is 1. The number of benzene rings is 1. The Hall–Kier alpha value is -1.40. The van der Waals surface area contributed by atoms with E-state index in [1.807, 2.05) is 29.7 Å². The fraction of sp³-hybridized carbons (Fsp3) is 0.111. The van der Waals surface area contributed by atoms with Crippen molar-refractivity contribution in [3.8, 4) is 0 Å². The summed E-state index contributed by atoms with van der Waals surface area (Å²) in [5.41, 5.74) is 2.81. The van der Waals surface area contributed by atoms with Gasteiger partial charge in [0.15, 0.2) is 6.61 Å². The first kappa shape index (κ1) is 11.7. The van der Waals surface area contributed by atoms with Gasteiger partial charge in [-0.2, -0.15) is 0 Å². The first-order valence-corrected chi connectivity index (χ1v) is 4.92. The number of nitrogens with two attached hydrogens (primary N) is 1. The molecule has 0 atom stereocenters. The molecule has 5 nitrogen and oxygen atoms in total. The Kier molecular flexibility index (Phi) is 4.79. The number of nitrogens with one attached hydrogen (secondary N) is 1. The van der Waals surface area contributed by atoms with Gasteiger partial charge in [0.2, 0.25) is 0 Å². The zero-order chi connectivity index (χ0) is 11.1. The molecule has 0 saturated heterocycles. The monoisotopic (exact) mass is 271 g/mol. The van der Waals surface area contributed by atoms with Crippen LogP contribution in [0.3, 0.4) is 0 Å². The number of rotatable bonds is 4. The third kappa shape index (κ3) is 4.57. The van der Waals surface area contributed by atoms with E-state index in [9.17, 15) is 4.79 Å². The van der Waals surface area contributed by atoms with E-state index in [1.54, 1.807) is 0 Å². The van der Waals surface area contributed by atoms with Crippen molar-refractivity contribution in [2.45, 2.75) is 0 Å². The van der Waals surface area contributed by atoms with Gasteiger partial charge in [-0.1, -0.05) is 33.2 Å². The van der Waals surface area contributed by atoms with E-state index < -0.39 is 5.91 Å². The minimum absolute atomic E-state index is 0.191. The molecule has 0 aliphatic carbocycles. The summed E-state index contributed by atoms with van der Waals surface area (Å²) in [7, 11) is 0. The molecule has 0 saturated carbocycles. The van der Waals surface area contributed by atoms with Crippen molar-refractivity contribution in [1.82, 2.24) is 5.43 Å². The summed E-state index contributed by atoms with van der Waals surface area (Å²) in [6, 6.07) is 7.49. The molecule has 80 valence electrons. The lowest BCUT2D eigenvalue weighted by Crippen LogP contribution is -2.32. The Morgan fingerprint density at radius 3 is 2.80 bits per heavy atom. The molecular formula is C9H10BrN3O2. The molecule has 0 heterocycles. The van der Waals surface area contributed by atoms with Crippen molar-refractivity contribution in [3.63, 3.8) is 0 Å². The highest BCUT2D eigenvalue weighted by Crippen LogP contribution is 2.08. The summed E-state index contributed by atoms with van der Waals surface area (Å²) < 4.78 is 0.989. The average Bonchev–Trinajstić information content (AvgIpc) is 2.26. The molecule has 0 fully saturated rings. The van der Waals surface area contributed by atoms with Crippen molar-refractivity contribution in [2.24, 2.45) is 11.0 Å². The van der Waals surface area contributed by atoms with Crippen LogP contribution >= 0.6 is 15.9 Å². The van der Waals surface area contributed by atoms with Crippen molar-refractivity contribution in [3.05, 3.63) is 34.3 Å². The van der Waals surface area contributed by atoms with Crippen molar-refractivity contribution in [1.29, 1.82) is 0 Å². The van der Waals surface area contributed by atoms with E-state index in [-0.39, 0.29) is 6.61 Å². The zero-order valence-electron chi connectivity index (χ0n) is 7.81. The van der Waals surface area contributed by atoms with Crippen LogP contribution in [0.1, 0.15) is 5.56 Å². The van der Waals surface area contributed by atoms with Gasteiger partial charge in [-0.3, -0.25) is 10.2 Å². The molecular weight excluding hydrogens is 262 g/mol. The summed E-state index contributed by atoms with van der Waals surface area (Å²) >= 11 is 3.31. The maximum absolute atomic E-state index is 10.6. The van der Waals surface area contributed by atoms with Crippen molar-refractivity contribution >= 4 is 28.1 Å². The van der Waals surface area contributed by atoms with Gasteiger partial charge in [-0.15, -0.1) is 0 Å². The lowest BCUT2D eigenvalue weighted by Gasteiger charge is -1.97. The third-order valence-electron chi connectivity index (χ3n) is 1.50. The van der Waals surface area contributed by atoms with E-state index in [2.05, 4.69) is 25.9 Å². The molecule has 1 aromatic carbocycles. The lowest BCUT2D eigenvalue weighted by atomic mass is 10.2. The van der Waals surface area contributed by atoms with E-state index in [0.29, 0.717) is 0 Å². The molecule has 1 aromatic rings. The van der Waals surface area contributed by atoms with Crippen molar-refractivity contribution in [2.75, 3.05) is 6.61 Å². The fourth-order valence-corrected chi connectivity index (χ4v) is 1.05. The summed E-state index contributed by atoms with van der Waals surface area (Å²) in [6.07, 6.45) is 1.51. The van der Waals surface area contributed by atoms with Gasteiger partial charge < -0.3 is 4.84 Å². The molecule has 0 radical (unpaired) electrons. The van der Waals surface area contributed by atoms with Crippen LogP contribution < -0.4 is 11.3 Å². The molecule has 0 bridgehead atoms. The maximum Gasteiger partial charge on any atom is 0.274 e. The molecule has 6 heteroatoms. The minimum Gasteiger partial charge on any atom is -0.386 e. The Balaban J connectivity index is 2.38. The molecule has 15 heavy (non-hydrogen) atoms. The van der Waals surface area contributed by atoms with Crippen LogP contribution in [-0.2, 0) is 9.63 Å². The van der Waals surface area contributed by atoms with Crippen LogP contribution in [0.25, 0.3) is 0 Å². The van der Waals surface area contributed by atoms with E-state index >= 15 is 0 Å². The van der Waals surface area contributed by atoms with Crippen LogP contribution in [0, 0.1) is 0 Å². The molecule has 0 aliphatic heterocycles. The number of amides is 1. The van der Waals surface area contributed by atoms with Gasteiger partial charge in [0.25, 0.3) is 5.91 Å². The second kappa shape index (κ2) is 6.15. The van der Waals surface area contributed by atoms with Gasteiger partial charge >= 0.3 is 0 Å². The molecule has 0 spiro atoms. The van der Waals surface area contributed by atoms with E-state index in [1.165, 1.54) is 6.21 Å².